The summed E-state index contributed by atoms with van der Waals surface area (Å²) in [4.78, 5) is 12.0. The molecule has 6 heteroatoms. The van der Waals surface area contributed by atoms with Crippen molar-refractivity contribution in [3.05, 3.63) is 12.4 Å². The standard InChI is InChI=1S/C13H23N5O/c14-10-11-2-4-12(5-3-11)13(19)15-6-1-8-18-9-7-16-17-18/h7,9,11-12H,1-6,8,10,14H2,(H,15,19). The molecule has 1 aliphatic carbocycles. The molecule has 0 spiro atoms. The lowest BCUT2D eigenvalue weighted by Crippen LogP contribution is -2.35. The van der Waals surface area contributed by atoms with Crippen LogP contribution in [-0.2, 0) is 11.3 Å². The van der Waals surface area contributed by atoms with Gasteiger partial charge in [0.1, 0.15) is 0 Å². The van der Waals surface area contributed by atoms with Crippen LogP contribution in [0.5, 0.6) is 0 Å². The molecule has 19 heavy (non-hydrogen) atoms. The number of carbonyl (C=O) groups excluding carboxylic acids is 1. The second-order valence-corrected chi connectivity index (χ2v) is 5.26. The highest BCUT2D eigenvalue weighted by atomic mass is 16.1. The van der Waals surface area contributed by atoms with Crippen molar-refractivity contribution in [2.75, 3.05) is 13.1 Å². The summed E-state index contributed by atoms with van der Waals surface area (Å²) in [6, 6.07) is 0. The van der Waals surface area contributed by atoms with Crippen LogP contribution in [0.15, 0.2) is 12.4 Å². The number of nitrogens with zero attached hydrogens (tertiary/aromatic N) is 3. The summed E-state index contributed by atoms with van der Waals surface area (Å²) in [5, 5.41) is 10.6. The lowest BCUT2D eigenvalue weighted by atomic mass is 9.81. The van der Waals surface area contributed by atoms with Crippen LogP contribution in [0, 0.1) is 11.8 Å². The first-order valence-electron chi connectivity index (χ1n) is 7.11. The smallest absolute Gasteiger partial charge is 0.223 e. The molecule has 0 aliphatic heterocycles. The first kappa shape index (κ1) is 14.0. The fraction of sp³-hybridized carbons (Fsp3) is 0.769. The normalized spacial score (nSPS) is 23.2. The SMILES string of the molecule is NCC1CCC(C(=O)NCCCn2ccnn2)CC1. The van der Waals surface area contributed by atoms with Crippen molar-refractivity contribution >= 4 is 5.91 Å². The van der Waals surface area contributed by atoms with E-state index >= 15 is 0 Å². The molecule has 3 N–H and O–H groups in total. The second-order valence-electron chi connectivity index (χ2n) is 5.26. The first-order valence-corrected chi connectivity index (χ1v) is 7.11. The van der Waals surface area contributed by atoms with Gasteiger partial charge in [0.25, 0.3) is 0 Å². The van der Waals surface area contributed by atoms with E-state index in [1.807, 2.05) is 6.20 Å². The molecule has 0 bridgehead atoms. The van der Waals surface area contributed by atoms with E-state index in [0.29, 0.717) is 12.5 Å². The molecule has 1 fully saturated rings. The van der Waals surface area contributed by atoms with Crippen molar-refractivity contribution in [3.63, 3.8) is 0 Å². The molecule has 0 radical (unpaired) electrons. The summed E-state index contributed by atoms with van der Waals surface area (Å²) < 4.78 is 1.78. The number of aromatic nitrogens is 3. The van der Waals surface area contributed by atoms with Crippen molar-refractivity contribution in [1.82, 2.24) is 20.3 Å². The largest absolute Gasteiger partial charge is 0.356 e. The number of hydrogen-bond donors (Lipinski definition) is 2. The fourth-order valence-electron chi connectivity index (χ4n) is 2.61. The van der Waals surface area contributed by atoms with Crippen LogP contribution in [0.25, 0.3) is 0 Å². The molecule has 1 amide bonds. The zero-order chi connectivity index (χ0) is 13.5. The summed E-state index contributed by atoms with van der Waals surface area (Å²) >= 11 is 0. The summed E-state index contributed by atoms with van der Waals surface area (Å²) in [6.07, 6.45) is 8.52. The highest BCUT2D eigenvalue weighted by Gasteiger charge is 2.25. The molecule has 1 heterocycles. The van der Waals surface area contributed by atoms with Gasteiger partial charge in [-0.3, -0.25) is 9.48 Å². The van der Waals surface area contributed by atoms with Gasteiger partial charge >= 0.3 is 0 Å². The van der Waals surface area contributed by atoms with Crippen molar-refractivity contribution in [2.45, 2.75) is 38.6 Å². The number of rotatable bonds is 6. The minimum Gasteiger partial charge on any atom is -0.356 e. The van der Waals surface area contributed by atoms with Gasteiger partial charge in [0.2, 0.25) is 5.91 Å². The third-order valence-electron chi connectivity index (χ3n) is 3.89. The minimum atomic E-state index is 0.189. The number of amides is 1. The van der Waals surface area contributed by atoms with Gasteiger partial charge in [0, 0.05) is 25.2 Å². The Balaban J connectivity index is 1.59. The maximum Gasteiger partial charge on any atom is 0.223 e. The molecule has 6 nitrogen and oxygen atoms in total. The molecule has 2 rings (SSSR count). The van der Waals surface area contributed by atoms with Crippen LogP contribution in [0.2, 0.25) is 0 Å². The van der Waals surface area contributed by atoms with E-state index in [4.69, 9.17) is 5.73 Å². The highest BCUT2D eigenvalue weighted by molar-refractivity contribution is 5.78. The van der Waals surface area contributed by atoms with E-state index < -0.39 is 0 Å². The third-order valence-corrected chi connectivity index (χ3v) is 3.89. The number of aryl methyl sites for hydroxylation is 1. The van der Waals surface area contributed by atoms with Gasteiger partial charge in [-0.2, -0.15) is 0 Å². The predicted molar refractivity (Wildman–Crippen MR) is 72.2 cm³/mol. The van der Waals surface area contributed by atoms with Gasteiger partial charge < -0.3 is 11.1 Å². The molecule has 1 saturated carbocycles. The van der Waals surface area contributed by atoms with Gasteiger partial charge in [-0.05, 0) is 44.6 Å². The molecule has 0 aromatic carbocycles. The Labute approximate surface area is 113 Å². The van der Waals surface area contributed by atoms with E-state index in [0.717, 1.165) is 45.2 Å². The number of nitrogens with two attached hydrogens (primary N) is 1. The monoisotopic (exact) mass is 265 g/mol. The van der Waals surface area contributed by atoms with Crippen LogP contribution in [0.1, 0.15) is 32.1 Å². The minimum absolute atomic E-state index is 0.189. The molecule has 0 atom stereocenters. The molecule has 1 aromatic heterocycles. The summed E-state index contributed by atoms with van der Waals surface area (Å²) in [5.41, 5.74) is 5.66. The zero-order valence-corrected chi connectivity index (χ0v) is 11.3. The first-order chi connectivity index (χ1) is 9.29. The third kappa shape index (κ3) is 4.31. The van der Waals surface area contributed by atoms with E-state index in [1.54, 1.807) is 10.9 Å². The Hall–Kier alpha value is -1.43. The maximum absolute atomic E-state index is 12.0. The van der Waals surface area contributed by atoms with Gasteiger partial charge in [-0.1, -0.05) is 5.21 Å². The van der Waals surface area contributed by atoms with Crippen LogP contribution in [0.4, 0.5) is 0 Å². The van der Waals surface area contributed by atoms with Crippen molar-refractivity contribution < 1.29 is 4.79 Å². The number of hydrogen-bond acceptors (Lipinski definition) is 4. The molecule has 0 saturated heterocycles. The van der Waals surface area contributed by atoms with Gasteiger partial charge in [0.05, 0.1) is 6.20 Å². The van der Waals surface area contributed by atoms with Gasteiger partial charge in [-0.15, -0.1) is 5.10 Å². The zero-order valence-electron chi connectivity index (χ0n) is 11.3. The molecule has 0 unspecified atom stereocenters. The fourth-order valence-corrected chi connectivity index (χ4v) is 2.61. The van der Waals surface area contributed by atoms with Crippen LogP contribution >= 0.6 is 0 Å². The Morgan fingerprint density at radius 3 is 2.79 bits per heavy atom. The van der Waals surface area contributed by atoms with Crippen molar-refractivity contribution in [3.8, 4) is 0 Å². The van der Waals surface area contributed by atoms with E-state index in [1.165, 1.54) is 0 Å². The predicted octanol–water partition coefficient (Wildman–Crippen LogP) is 0.549. The lowest BCUT2D eigenvalue weighted by molar-refractivity contribution is -0.126. The maximum atomic E-state index is 12.0. The van der Waals surface area contributed by atoms with E-state index in [2.05, 4.69) is 15.6 Å². The van der Waals surface area contributed by atoms with Gasteiger partial charge in [0.15, 0.2) is 0 Å². The highest BCUT2D eigenvalue weighted by Crippen LogP contribution is 2.28. The Kier molecular flexibility index (Phi) is 5.32. The Bertz CT molecular complexity index is 370. The van der Waals surface area contributed by atoms with Gasteiger partial charge in [-0.25, -0.2) is 0 Å². The summed E-state index contributed by atoms with van der Waals surface area (Å²) in [5.74, 6) is 1.01. The topological polar surface area (TPSA) is 85.8 Å². The molecular formula is C13H23N5O. The number of carbonyl (C=O) groups is 1. The number of nitrogens with one attached hydrogen (secondary N) is 1. The molecule has 1 aliphatic rings. The molecule has 1 aromatic rings. The Morgan fingerprint density at radius 1 is 1.37 bits per heavy atom. The summed E-state index contributed by atoms with van der Waals surface area (Å²) in [6.45, 7) is 2.25. The second kappa shape index (κ2) is 7.23. The van der Waals surface area contributed by atoms with E-state index in [-0.39, 0.29) is 11.8 Å². The lowest BCUT2D eigenvalue weighted by Gasteiger charge is -2.26. The molecule has 106 valence electrons. The van der Waals surface area contributed by atoms with Crippen molar-refractivity contribution in [2.24, 2.45) is 17.6 Å². The van der Waals surface area contributed by atoms with Crippen LogP contribution < -0.4 is 11.1 Å². The van der Waals surface area contributed by atoms with Crippen molar-refractivity contribution in [1.29, 1.82) is 0 Å². The average Bonchev–Trinajstić information content (AvgIpc) is 2.96. The average molecular weight is 265 g/mol. The van der Waals surface area contributed by atoms with E-state index in [9.17, 15) is 4.79 Å². The summed E-state index contributed by atoms with van der Waals surface area (Å²) in [7, 11) is 0. The quantitative estimate of drug-likeness (QED) is 0.735. The van der Waals surface area contributed by atoms with Crippen LogP contribution in [-0.4, -0.2) is 34.0 Å². The Morgan fingerprint density at radius 2 is 2.16 bits per heavy atom. The molecular weight excluding hydrogens is 242 g/mol. The van der Waals surface area contributed by atoms with Crippen LogP contribution in [0.3, 0.4) is 0 Å².